The van der Waals surface area contributed by atoms with Crippen LogP contribution in [0, 0.1) is 6.92 Å². The number of amides is 2. The van der Waals surface area contributed by atoms with Gasteiger partial charge in [-0.15, -0.1) is 0 Å². The molecule has 2 amide bonds. The Bertz CT molecular complexity index is 905. The molecule has 2 heterocycles. The second-order valence-corrected chi connectivity index (χ2v) is 6.85. The molecule has 8 nitrogen and oxygen atoms in total. The van der Waals surface area contributed by atoms with Gasteiger partial charge in [0.2, 0.25) is 11.8 Å². The molecule has 3 rings (SSSR count). The van der Waals surface area contributed by atoms with Crippen LogP contribution in [0.3, 0.4) is 0 Å². The first-order valence-corrected chi connectivity index (χ1v) is 9.41. The molecular formula is C20H24N4O4. The van der Waals surface area contributed by atoms with Gasteiger partial charge in [-0.3, -0.25) is 9.59 Å². The Balaban J connectivity index is 1.80. The summed E-state index contributed by atoms with van der Waals surface area (Å²) in [6, 6.07) is 6.58. The fourth-order valence-corrected chi connectivity index (χ4v) is 3.53. The van der Waals surface area contributed by atoms with Crippen molar-refractivity contribution < 1.29 is 19.5 Å². The van der Waals surface area contributed by atoms with Gasteiger partial charge in [0, 0.05) is 18.7 Å². The van der Waals surface area contributed by atoms with Crippen molar-refractivity contribution in [3.8, 4) is 5.69 Å². The molecule has 1 aromatic carbocycles. The molecule has 0 saturated carbocycles. The molecule has 28 heavy (non-hydrogen) atoms. The van der Waals surface area contributed by atoms with Crippen LogP contribution in [0.25, 0.3) is 5.69 Å². The highest BCUT2D eigenvalue weighted by molar-refractivity contribution is 5.97. The third-order valence-corrected chi connectivity index (χ3v) is 5.03. The minimum Gasteiger partial charge on any atom is -0.478 e. The molecule has 1 atom stereocenters. The van der Waals surface area contributed by atoms with E-state index in [2.05, 4.69) is 10.4 Å². The van der Waals surface area contributed by atoms with Crippen LogP contribution in [0.4, 0.5) is 5.69 Å². The number of carbonyl (C=O) groups is 3. The first-order valence-electron chi connectivity index (χ1n) is 9.41. The largest absolute Gasteiger partial charge is 0.478 e. The van der Waals surface area contributed by atoms with Gasteiger partial charge in [-0.1, -0.05) is 13.0 Å². The molecule has 1 saturated heterocycles. The van der Waals surface area contributed by atoms with E-state index in [4.69, 9.17) is 0 Å². The number of carboxylic acids is 1. The normalized spacial score (nSPS) is 16.6. The maximum atomic E-state index is 12.8. The molecule has 148 valence electrons. The quantitative estimate of drug-likeness (QED) is 0.824. The zero-order valence-corrected chi connectivity index (χ0v) is 16.0. The average molecular weight is 384 g/mol. The lowest BCUT2D eigenvalue weighted by atomic mass is 10.0. The van der Waals surface area contributed by atoms with Crippen LogP contribution in [0.2, 0.25) is 0 Å². The van der Waals surface area contributed by atoms with Crippen molar-refractivity contribution >= 4 is 23.5 Å². The molecule has 1 aromatic heterocycles. The van der Waals surface area contributed by atoms with Crippen molar-refractivity contribution in [1.29, 1.82) is 0 Å². The Hall–Kier alpha value is -3.16. The first kappa shape index (κ1) is 19.6. The number of piperidine rings is 1. The lowest BCUT2D eigenvalue weighted by Gasteiger charge is -2.34. The van der Waals surface area contributed by atoms with Gasteiger partial charge in [-0.2, -0.15) is 5.10 Å². The summed E-state index contributed by atoms with van der Waals surface area (Å²) in [6.45, 7) is 4.08. The third-order valence-electron chi connectivity index (χ3n) is 5.03. The van der Waals surface area contributed by atoms with Crippen molar-refractivity contribution in [2.24, 2.45) is 0 Å². The Morgan fingerprint density at radius 2 is 2.07 bits per heavy atom. The van der Waals surface area contributed by atoms with E-state index in [1.165, 1.54) is 10.9 Å². The second kappa shape index (κ2) is 8.24. The summed E-state index contributed by atoms with van der Waals surface area (Å²) >= 11 is 0. The number of anilines is 1. The molecule has 0 spiro atoms. The van der Waals surface area contributed by atoms with Crippen LogP contribution >= 0.6 is 0 Å². The van der Waals surface area contributed by atoms with Gasteiger partial charge in [-0.05, 0) is 44.4 Å². The highest BCUT2D eigenvalue weighted by Gasteiger charge is 2.31. The van der Waals surface area contributed by atoms with E-state index in [1.54, 1.807) is 43.0 Å². The van der Waals surface area contributed by atoms with Gasteiger partial charge in [0.25, 0.3) is 0 Å². The van der Waals surface area contributed by atoms with Crippen LogP contribution < -0.4 is 5.32 Å². The van der Waals surface area contributed by atoms with Crippen molar-refractivity contribution in [2.75, 3.05) is 11.9 Å². The second-order valence-electron chi connectivity index (χ2n) is 6.85. The van der Waals surface area contributed by atoms with E-state index < -0.39 is 12.0 Å². The van der Waals surface area contributed by atoms with Crippen molar-refractivity contribution in [3.05, 3.63) is 41.7 Å². The summed E-state index contributed by atoms with van der Waals surface area (Å²) in [7, 11) is 0. The van der Waals surface area contributed by atoms with E-state index >= 15 is 0 Å². The Morgan fingerprint density at radius 3 is 2.75 bits per heavy atom. The van der Waals surface area contributed by atoms with Crippen molar-refractivity contribution in [1.82, 2.24) is 14.7 Å². The summed E-state index contributed by atoms with van der Waals surface area (Å²) < 4.78 is 1.52. The summed E-state index contributed by atoms with van der Waals surface area (Å²) in [4.78, 5) is 37.8. The lowest BCUT2D eigenvalue weighted by molar-refractivity contribution is -0.140. The smallest absolute Gasteiger partial charge is 0.339 e. The van der Waals surface area contributed by atoms with Gasteiger partial charge >= 0.3 is 5.97 Å². The highest BCUT2D eigenvalue weighted by Crippen LogP contribution is 2.22. The summed E-state index contributed by atoms with van der Waals surface area (Å²) in [5.74, 6) is -1.25. The molecule has 1 aliphatic heterocycles. The minimum atomic E-state index is -1.04. The number of nitrogens with zero attached hydrogens (tertiary/aromatic N) is 3. The fourth-order valence-electron chi connectivity index (χ4n) is 3.53. The maximum Gasteiger partial charge on any atom is 0.339 e. The Kier molecular flexibility index (Phi) is 5.77. The average Bonchev–Trinajstić information content (AvgIpc) is 3.09. The van der Waals surface area contributed by atoms with Crippen LogP contribution in [-0.2, 0) is 9.59 Å². The molecular weight excluding hydrogens is 360 g/mol. The number of nitrogens with one attached hydrogen (secondary N) is 1. The lowest BCUT2D eigenvalue weighted by Crippen LogP contribution is -2.49. The highest BCUT2D eigenvalue weighted by atomic mass is 16.4. The van der Waals surface area contributed by atoms with Crippen molar-refractivity contribution in [2.45, 2.75) is 45.6 Å². The SMILES string of the molecule is CCC(=O)N1CCCCC1C(=O)Nc1cccc(-n2ncc(C(=O)O)c2C)c1. The molecule has 0 radical (unpaired) electrons. The third kappa shape index (κ3) is 3.90. The van der Waals surface area contributed by atoms with E-state index in [0.717, 1.165) is 12.8 Å². The van der Waals surface area contributed by atoms with Gasteiger partial charge in [0.1, 0.15) is 11.6 Å². The summed E-state index contributed by atoms with van der Waals surface area (Å²) in [5, 5.41) is 16.2. The Morgan fingerprint density at radius 1 is 1.29 bits per heavy atom. The standard InChI is InChI=1S/C20H24N4O4/c1-3-18(25)23-10-5-4-9-17(23)19(26)22-14-7-6-8-15(11-14)24-13(2)16(12-21-24)20(27)28/h6-8,11-12,17H,3-5,9-10H2,1-2H3,(H,22,26)(H,27,28). The first-order chi connectivity index (χ1) is 13.4. The van der Waals surface area contributed by atoms with Gasteiger partial charge in [0.15, 0.2) is 0 Å². The van der Waals surface area contributed by atoms with E-state index in [0.29, 0.717) is 36.5 Å². The zero-order valence-electron chi connectivity index (χ0n) is 16.0. The molecule has 1 fully saturated rings. The molecule has 1 aliphatic rings. The van der Waals surface area contributed by atoms with E-state index in [-0.39, 0.29) is 17.4 Å². The number of likely N-dealkylation sites (tertiary alicyclic amines) is 1. The van der Waals surface area contributed by atoms with Gasteiger partial charge in [0.05, 0.1) is 17.6 Å². The van der Waals surface area contributed by atoms with Gasteiger partial charge < -0.3 is 15.3 Å². The van der Waals surface area contributed by atoms with Crippen LogP contribution in [0.1, 0.15) is 48.7 Å². The molecule has 8 heteroatoms. The zero-order chi connectivity index (χ0) is 20.3. The minimum absolute atomic E-state index is 0.0121. The maximum absolute atomic E-state index is 12.8. The number of rotatable bonds is 5. The number of hydrogen-bond donors (Lipinski definition) is 2. The molecule has 2 aromatic rings. The number of carboxylic acid groups (broad SMARTS) is 1. The summed E-state index contributed by atoms with van der Waals surface area (Å²) in [5.41, 5.74) is 1.85. The number of carbonyl (C=O) groups excluding carboxylic acids is 2. The molecule has 0 aliphatic carbocycles. The molecule has 0 bridgehead atoms. The summed E-state index contributed by atoms with van der Waals surface area (Å²) in [6.07, 6.45) is 4.16. The van der Waals surface area contributed by atoms with E-state index in [1.807, 2.05) is 0 Å². The van der Waals surface area contributed by atoms with E-state index in [9.17, 15) is 19.5 Å². The number of hydrogen-bond acceptors (Lipinski definition) is 4. The number of aromatic carboxylic acids is 1. The monoisotopic (exact) mass is 384 g/mol. The topological polar surface area (TPSA) is 105 Å². The molecule has 1 unspecified atom stereocenters. The van der Waals surface area contributed by atoms with Crippen LogP contribution in [0.15, 0.2) is 30.5 Å². The predicted molar refractivity (Wildman–Crippen MR) is 104 cm³/mol. The van der Waals surface area contributed by atoms with Crippen LogP contribution in [0.5, 0.6) is 0 Å². The van der Waals surface area contributed by atoms with Gasteiger partial charge in [-0.25, -0.2) is 9.48 Å². The van der Waals surface area contributed by atoms with Crippen molar-refractivity contribution in [3.63, 3.8) is 0 Å². The number of aromatic nitrogens is 2. The molecule has 2 N–H and O–H groups in total. The Labute approximate surface area is 163 Å². The number of benzene rings is 1. The predicted octanol–water partition coefficient (Wildman–Crippen LogP) is 2.61. The van der Waals surface area contributed by atoms with Crippen LogP contribution in [-0.4, -0.2) is 50.2 Å². The fraction of sp³-hybridized carbons (Fsp3) is 0.400.